The van der Waals surface area contributed by atoms with Gasteiger partial charge in [0.25, 0.3) is 0 Å². The van der Waals surface area contributed by atoms with Crippen LogP contribution < -0.4 is 0 Å². The van der Waals surface area contributed by atoms with Gasteiger partial charge in [0.15, 0.2) is 0 Å². The minimum atomic E-state index is 0.875. The lowest BCUT2D eigenvalue weighted by molar-refractivity contribution is 0.0926. The third kappa shape index (κ3) is 2.47. The van der Waals surface area contributed by atoms with Crippen molar-refractivity contribution in [3.63, 3.8) is 0 Å². The lowest BCUT2D eigenvalue weighted by Gasteiger charge is -2.39. The van der Waals surface area contributed by atoms with Crippen molar-refractivity contribution in [2.75, 3.05) is 0 Å². The van der Waals surface area contributed by atoms with Crippen LogP contribution in [0.15, 0.2) is 30.3 Å². The van der Waals surface area contributed by atoms with E-state index in [0.717, 1.165) is 18.0 Å². The molecule has 1 aromatic carbocycles. The Hall–Kier alpha value is -0.820. The Kier molecular flexibility index (Phi) is 3.69. The van der Waals surface area contributed by atoms with E-state index < -0.39 is 0 Å². The average molecular weight is 243 g/mol. The van der Waals surface area contributed by atoms with Gasteiger partial charge in [0, 0.05) is 18.6 Å². The Labute approximate surface area is 111 Å². The second-order valence-corrected chi connectivity index (χ2v) is 6.17. The van der Waals surface area contributed by atoms with E-state index in [4.69, 9.17) is 0 Å². The van der Waals surface area contributed by atoms with Gasteiger partial charge in [0.2, 0.25) is 0 Å². The summed E-state index contributed by atoms with van der Waals surface area (Å²) in [6.45, 7) is 3.51. The van der Waals surface area contributed by atoms with Crippen LogP contribution in [-0.2, 0) is 6.54 Å². The highest BCUT2D eigenvalue weighted by atomic mass is 15.2. The van der Waals surface area contributed by atoms with Gasteiger partial charge in [-0.2, -0.15) is 0 Å². The molecule has 0 radical (unpaired) electrons. The Morgan fingerprint density at radius 1 is 1.06 bits per heavy atom. The number of piperidine rings is 1. The molecular formula is C17H25N. The minimum Gasteiger partial charge on any atom is -0.293 e. The molecule has 2 fully saturated rings. The fraction of sp³-hybridized carbons (Fsp3) is 0.647. The van der Waals surface area contributed by atoms with Crippen molar-refractivity contribution in [3.05, 3.63) is 35.9 Å². The van der Waals surface area contributed by atoms with E-state index in [0.29, 0.717) is 0 Å². The highest BCUT2D eigenvalue weighted by Crippen LogP contribution is 2.40. The first kappa shape index (κ1) is 12.2. The zero-order chi connectivity index (χ0) is 12.4. The Balaban J connectivity index is 1.65. The molecule has 2 unspecified atom stereocenters. The summed E-state index contributed by atoms with van der Waals surface area (Å²) in [5.41, 5.74) is 1.49. The summed E-state index contributed by atoms with van der Waals surface area (Å²) in [7, 11) is 0. The molecule has 2 aliphatic heterocycles. The minimum absolute atomic E-state index is 0.875. The van der Waals surface area contributed by atoms with Gasteiger partial charge in [-0.25, -0.2) is 0 Å². The van der Waals surface area contributed by atoms with Crippen LogP contribution in [0.25, 0.3) is 0 Å². The molecule has 2 atom stereocenters. The smallest absolute Gasteiger partial charge is 0.0239 e. The Morgan fingerprint density at radius 3 is 2.33 bits per heavy atom. The monoisotopic (exact) mass is 243 g/mol. The van der Waals surface area contributed by atoms with Crippen LogP contribution in [-0.4, -0.2) is 17.0 Å². The second kappa shape index (κ2) is 5.44. The van der Waals surface area contributed by atoms with Crippen molar-refractivity contribution in [2.24, 2.45) is 5.92 Å². The second-order valence-electron chi connectivity index (χ2n) is 6.17. The van der Waals surface area contributed by atoms with Gasteiger partial charge in [-0.1, -0.05) is 50.1 Å². The van der Waals surface area contributed by atoms with Gasteiger partial charge < -0.3 is 0 Å². The summed E-state index contributed by atoms with van der Waals surface area (Å²) in [5, 5.41) is 0. The zero-order valence-corrected chi connectivity index (χ0v) is 11.5. The molecule has 0 saturated carbocycles. The van der Waals surface area contributed by atoms with Crippen molar-refractivity contribution in [2.45, 2.75) is 64.1 Å². The lowest BCUT2D eigenvalue weighted by atomic mass is 9.87. The van der Waals surface area contributed by atoms with Crippen LogP contribution in [0.4, 0.5) is 0 Å². The molecular weight excluding hydrogens is 218 g/mol. The fourth-order valence-electron chi connectivity index (χ4n) is 4.08. The average Bonchev–Trinajstić information content (AvgIpc) is 2.63. The number of benzene rings is 1. The quantitative estimate of drug-likeness (QED) is 0.765. The van der Waals surface area contributed by atoms with Crippen LogP contribution >= 0.6 is 0 Å². The molecule has 3 rings (SSSR count). The van der Waals surface area contributed by atoms with Crippen molar-refractivity contribution >= 4 is 0 Å². The molecule has 2 saturated heterocycles. The topological polar surface area (TPSA) is 3.24 Å². The largest absolute Gasteiger partial charge is 0.293 e. The zero-order valence-electron chi connectivity index (χ0n) is 11.5. The maximum absolute atomic E-state index is 2.79. The summed E-state index contributed by atoms with van der Waals surface area (Å²) in [6.07, 6.45) is 8.61. The van der Waals surface area contributed by atoms with E-state index in [2.05, 4.69) is 42.2 Å². The molecule has 18 heavy (non-hydrogen) atoms. The van der Waals surface area contributed by atoms with Crippen LogP contribution in [0.5, 0.6) is 0 Å². The molecule has 2 aliphatic rings. The number of hydrogen-bond donors (Lipinski definition) is 0. The molecule has 1 nitrogen and oxygen atoms in total. The Bertz CT molecular complexity index is 358. The normalized spacial score (nSPS) is 31.7. The Morgan fingerprint density at radius 2 is 1.72 bits per heavy atom. The molecule has 2 bridgehead atoms. The first-order valence-corrected chi connectivity index (χ1v) is 7.66. The molecule has 0 N–H and O–H groups in total. The number of hydrogen-bond acceptors (Lipinski definition) is 1. The number of rotatable bonds is 4. The van der Waals surface area contributed by atoms with Gasteiger partial charge >= 0.3 is 0 Å². The van der Waals surface area contributed by atoms with Gasteiger partial charge in [0.05, 0.1) is 0 Å². The van der Waals surface area contributed by atoms with Crippen LogP contribution in [0.3, 0.4) is 0 Å². The fourth-order valence-corrected chi connectivity index (χ4v) is 4.08. The van der Waals surface area contributed by atoms with E-state index in [1.807, 2.05) is 0 Å². The van der Waals surface area contributed by atoms with Crippen molar-refractivity contribution in [1.82, 2.24) is 4.90 Å². The highest BCUT2D eigenvalue weighted by molar-refractivity contribution is 5.15. The maximum atomic E-state index is 2.79. The van der Waals surface area contributed by atoms with Crippen molar-refractivity contribution < 1.29 is 0 Å². The van der Waals surface area contributed by atoms with E-state index in [1.54, 1.807) is 0 Å². The molecule has 98 valence electrons. The third-order valence-electron chi connectivity index (χ3n) is 4.89. The lowest BCUT2D eigenvalue weighted by Crippen LogP contribution is -2.42. The van der Waals surface area contributed by atoms with E-state index in [9.17, 15) is 0 Å². The SMILES string of the molecule is CCCC1CC2CCC(C1)N2Cc1ccccc1. The molecule has 1 aromatic rings. The molecule has 0 spiro atoms. The molecule has 1 heteroatoms. The molecule has 0 aliphatic carbocycles. The predicted molar refractivity (Wildman–Crippen MR) is 76.4 cm³/mol. The van der Waals surface area contributed by atoms with Gasteiger partial charge in [-0.15, -0.1) is 0 Å². The van der Waals surface area contributed by atoms with E-state index in [-0.39, 0.29) is 0 Å². The highest BCUT2D eigenvalue weighted by Gasteiger charge is 2.39. The van der Waals surface area contributed by atoms with Crippen LogP contribution in [0.1, 0.15) is 51.0 Å². The van der Waals surface area contributed by atoms with Crippen LogP contribution in [0.2, 0.25) is 0 Å². The summed E-state index contributed by atoms with van der Waals surface area (Å²) in [5.74, 6) is 1.01. The maximum Gasteiger partial charge on any atom is 0.0239 e. The third-order valence-corrected chi connectivity index (χ3v) is 4.89. The molecule has 0 aromatic heterocycles. The first-order chi connectivity index (χ1) is 8.86. The van der Waals surface area contributed by atoms with Gasteiger partial charge in [-0.3, -0.25) is 4.90 Å². The summed E-state index contributed by atoms with van der Waals surface area (Å²) >= 11 is 0. The summed E-state index contributed by atoms with van der Waals surface area (Å²) in [4.78, 5) is 2.79. The number of fused-ring (bicyclic) bond motifs is 2. The van der Waals surface area contributed by atoms with Crippen molar-refractivity contribution in [1.29, 1.82) is 0 Å². The van der Waals surface area contributed by atoms with Gasteiger partial charge in [0.1, 0.15) is 0 Å². The van der Waals surface area contributed by atoms with E-state index >= 15 is 0 Å². The molecule has 0 amide bonds. The van der Waals surface area contributed by atoms with Crippen molar-refractivity contribution in [3.8, 4) is 0 Å². The summed E-state index contributed by atoms with van der Waals surface area (Å²) < 4.78 is 0. The van der Waals surface area contributed by atoms with E-state index in [1.165, 1.54) is 50.6 Å². The standard InChI is InChI=1S/C17H25N/c1-2-6-15-11-16-9-10-17(12-15)18(16)13-14-7-4-3-5-8-14/h3-5,7-8,15-17H,2,6,9-13H2,1H3. The molecule has 2 heterocycles. The number of nitrogens with zero attached hydrogens (tertiary/aromatic N) is 1. The van der Waals surface area contributed by atoms with Gasteiger partial charge in [-0.05, 0) is 37.2 Å². The van der Waals surface area contributed by atoms with Crippen LogP contribution in [0, 0.1) is 5.92 Å². The first-order valence-electron chi connectivity index (χ1n) is 7.66. The summed E-state index contributed by atoms with van der Waals surface area (Å²) in [6, 6.07) is 12.8. The predicted octanol–water partition coefficient (Wildman–Crippen LogP) is 4.23.